The van der Waals surface area contributed by atoms with Gasteiger partial charge < -0.3 is 5.32 Å². The zero-order chi connectivity index (χ0) is 9.26. The van der Waals surface area contributed by atoms with Gasteiger partial charge in [-0.3, -0.25) is 0 Å². The molecule has 0 spiro atoms. The van der Waals surface area contributed by atoms with Crippen LogP contribution in [-0.2, 0) is 0 Å². The molecule has 0 saturated carbocycles. The van der Waals surface area contributed by atoms with Crippen LogP contribution in [0.5, 0.6) is 0 Å². The second kappa shape index (κ2) is 4.28. The second-order valence-corrected chi connectivity index (χ2v) is 5.38. The van der Waals surface area contributed by atoms with E-state index in [-0.39, 0.29) is 0 Å². The first-order valence-corrected chi connectivity index (χ1v) is 6.30. The third-order valence-corrected chi connectivity index (χ3v) is 4.80. The van der Waals surface area contributed by atoms with Crippen molar-refractivity contribution in [3.63, 3.8) is 0 Å². The van der Waals surface area contributed by atoms with Gasteiger partial charge in [-0.05, 0) is 75.1 Å². The Morgan fingerprint density at radius 3 is 2.92 bits per heavy atom. The fourth-order valence-electron chi connectivity index (χ4n) is 1.71. The SMILES string of the molecule is Brc1ccc(C2CCNC2)cc1I. The zero-order valence-corrected chi connectivity index (χ0v) is 10.9. The Kier molecular flexibility index (Phi) is 3.26. The standard InChI is InChI=1S/C10H11BrIN/c11-9-2-1-7(5-10(9)12)8-3-4-13-6-8/h1-2,5,8,13H,3-4,6H2. The fourth-order valence-corrected chi connectivity index (χ4v) is 2.49. The lowest BCUT2D eigenvalue weighted by molar-refractivity contribution is 0.762. The molecule has 1 atom stereocenters. The molecule has 0 radical (unpaired) electrons. The van der Waals surface area contributed by atoms with E-state index in [4.69, 9.17) is 0 Å². The van der Waals surface area contributed by atoms with Gasteiger partial charge in [0.25, 0.3) is 0 Å². The third-order valence-electron chi connectivity index (χ3n) is 2.48. The van der Waals surface area contributed by atoms with Crippen LogP contribution in [0.2, 0.25) is 0 Å². The average molecular weight is 352 g/mol. The van der Waals surface area contributed by atoms with Crippen molar-refractivity contribution in [3.8, 4) is 0 Å². The zero-order valence-electron chi connectivity index (χ0n) is 7.19. The van der Waals surface area contributed by atoms with Crippen LogP contribution in [-0.4, -0.2) is 13.1 Å². The minimum absolute atomic E-state index is 0.724. The van der Waals surface area contributed by atoms with Crippen LogP contribution in [0.4, 0.5) is 0 Å². The van der Waals surface area contributed by atoms with Gasteiger partial charge in [-0.15, -0.1) is 0 Å². The highest BCUT2D eigenvalue weighted by molar-refractivity contribution is 14.1. The van der Waals surface area contributed by atoms with Crippen molar-refractivity contribution in [3.05, 3.63) is 31.8 Å². The van der Waals surface area contributed by atoms with Gasteiger partial charge in [-0.25, -0.2) is 0 Å². The van der Waals surface area contributed by atoms with Gasteiger partial charge in [0.05, 0.1) is 0 Å². The van der Waals surface area contributed by atoms with E-state index < -0.39 is 0 Å². The largest absolute Gasteiger partial charge is 0.316 e. The number of hydrogen-bond acceptors (Lipinski definition) is 1. The van der Waals surface area contributed by atoms with Gasteiger partial charge in [0, 0.05) is 14.6 Å². The van der Waals surface area contributed by atoms with Crippen LogP contribution < -0.4 is 5.32 Å². The van der Waals surface area contributed by atoms with Gasteiger partial charge in [-0.1, -0.05) is 6.07 Å². The molecule has 0 bridgehead atoms. The van der Waals surface area contributed by atoms with Crippen LogP contribution in [0, 0.1) is 3.57 Å². The second-order valence-electron chi connectivity index (χ2n) is 3.36. The normalized spacial score (nSPS) is 22.2. The van der Waals surface area contributed by atoms with Crippen LogP contribution in [0.15, 0.2) is 22.7 Å². The van der Waals surface area contributed by atoms with Crippen molar-refractivity contribution in [1.29, 1.82) is 0 Å². The van der Waals surface area contributed by atoms with E-state index in [1.165, 1.54) is 20.0 Å². The average Bonchev–Trinajstić information content (AvgIpc) is 2.62. The lowest BCUT2D eigenvalue weighted by Gasteiger charge is -2.09. The van der Waals surface area contributed by atoms with Crippen molar-refractivity contribution in [2.45, 2.75) is 12.3 Å². The van der Waals surface area contributed by atoms with Crippen LogP contribution in [0.3, 0.4) is 0 Å². The molecule has 1 fully saturated rings. The Labute approximate surface area is 101 Å². The Morgan fingerprint density at radius 1 is 1.46 bits per heavy atom. The van der Waals surface area contributed by atoms with E-state index in [0.29, 0.717) is 0 Å². The van der Waals surface area contributed by atoms with E-state index in [9.17, 15) is 0 Å². The molecular weight excluding hydrogens is 341 g/mol. The van der Waals surface area contributed by atoms with Gasteiger partial charge in [-0.2, -0.15) is 0 Å². The van der Waals surface area contributed by atoms with E-state index in [1.807, 2.05) is 0 Å². The van der Waals surface area contributed by atoms with E-state index >= 15 is 0 Å². The summed E-state index contributed by atoms with van der Waals surface area (Å²) in [7, 11) is 0. The maximum Gasteiger partial charge on any atom is 0.0309 e. The van der Waals surface area contributed by atoms with E-state index in [2.05, 4.69) is 62.0 Å². The molecule has 13 heavy (non-hydrogen) atoms. The Morgan fingerprint density at radius 2 is 2.31 bits per heavy atom. The fraction of sp³-hybridized carbons (Fsp3) is 0.400. The molecule has 1 heterocycles. The molecule has 1 nitrogen and oxygen atoms in total. The smallest absolute Gasteiger partial charge is 0.0309 e. The lowest BCUT2D eigenvalue weighted by atomic mass is 9.99. The van der Waals surface area contributed by atoms with Crippen LogP contribution in [0.1, 0.15) is 17.9 Å². The summed E-state index contributed by atoms with van der Waals surface area (Å²) in [5.41, 5.74) is 1.47. The Balaban J connectivity index is 2.25. The summed E-state index contributed by atoms with van der Waals surface area (Å²) < 4.78 is 2.50. The maximum absolute atomic E-state index is 3.51. The minimum atomic E-state index is 0.724. The topological polar surface area (TPSA) is 12.0 Å². The summed E-state index contributed by atoms with van der Waals surface area (Å²) in [6, 6.07) is 6.65. The van der Waals surface area contributed by atoms with Crippen molar-refractivity contribution >= 4 is 38.5 Å². The molecular formula is C10H11BrIN. The highest BCUT2D eigenvalue weighted by Gasteiger charge is 2.16. The lowest BCUT2D eigenvalue weighted by Crippen LogP contribution is -2.07. The number of rotatable bonds is 1. The maximum atomic E-state index is 3.51. The van der Waals surface area contributed by atoms with Gasteiger partial charge in [0.2, 0.25) is 0 Å². The molecule has 0 amide bonds. The van der Waals surface area contributed by atoms with Crippen molar-refractivity contribution in [2.24, 2.45) is 0 Å². The minimum Gasteiger partial charge on any atom is -0.316 e. The summed E-state index contributed by atoms with van der Waals surface area (Å²) in [4.78, 5) is 0. The predicted molar refractivity (Wildman–Crippen MR) is 67.1 cm³/mol. The van der Waals surface area contributed by atoms with E-state index in [0.717, 1.165) is 19.0 Å². The molecule has 0 aromatic heterocycles. The van der Waals surface area contributed by atoms with Crippen molar-refractivity contribution in [1.82, 2.24) is 5.32 Å². The molecule has 70 valence electrons. The highest BCUT2D eigenvalue weighted by atomic mass is 127. The Hall–Kier alpha value is 0.390. The van der Waals surface area contributed by atoms with Crippen LogP contribution >= 0.6 is 38.5 Å². The monoisotopic (exact) mass is 351 g/mol. The van der Waals surface area contributed by atoms with Gasteiger partial charge in [0.15, 0.2) is 0 Å². The molecule has 1 unspecified atom stereocenters. The third kappa shape index (κ3) is 2.25. The molecule has 1 saturated heterocycles. The summed E-state index contributed by atoms with van der Waals surface area (Å²) in [5.74, 6) is 0.724. The summed E-state index contributed by atoms with van der Waals surface area (Å²) in [6.45, 7) is 2.30. The van der Waals surface area contributed by atoms with E-state index in [1.54, 1.807) is 0 Å². The number of benzene rings is 1. The molecule has 2 rings (SSSR count). The van der Waals surface area contributed by atoms with Crippen molar-refractivity contribution in [2.75, 3.05) is 13.1 Å². The molecule has 1 aromatic rings. The van der Waals surface area contributed by atoms with Crippen LogP contribution in [0.25, 0.3) is 0 Å². The first-order valence-electron chi connectivity index (χ1n) is 4.43. The summed E-state index contributed by atoms with van der Waals surface area (Å²) >= 11 is 5.88. The molecule has 1 N–H and O–H groups in total. The Bertz CT molecular complexity index is 308. The number of halogens is 2. The number of nitrogens with one attached hydrogen (secondary N) is 1. The molecule has 1 aliphatic rings. The first-order chi connectivity index (χ1) is 6.27. The number of hydrogen-bond donors (Lipinski definition) is 1. The van der Waals surface area contributed by atoms with Crippen molar-refractivity contribution < 1.29 is 0 Å². The summed E-state index contributed by atoms with van der Waals surface area (Å²) in [5, 5.41) is 3.39. The first kappa shape index (κ1) is 9.93. The molecule has 1 aliphatic heterocycles. The molecule has 3 heteroatoms. The predicted octanol–water partition coefficient (Wildman–Crippen LogP) is 3.13. The molecule has 1 aromatic carbocycles. The van der Waals surface area contributed by atoms with Gasteiger partial charge >= 0.3 is 0 Å². The quantitative estimate of drug-likeness (QED) is 0.766. The highest BCUT2D eigenvalue weighted by Crippen LogP contribution is 2.27. The van der Waals surface area contributed by atoms with Gasteiger partial charge in [0.1, 0.15) is 0 Å². The molecule has 0 aliphatic carbocycles. The summed E-state index contributed by atoms with van der Waals surface area (Å²) in [6.07, 6.45) is 1.28.